The Morgan fingerprint density at radius 2 is 2.06 bits per heavy atom. The van der Waals surface area contributed by atoms with Gasteiger partial charge in [-0.15, -0.1) is 0 Å². The highest BCUT2D eigenvalue weighted by Crippen LogP contribution is 2.38. The number of aromatic carboxylic acids is 1. The van der Waals surface area contributed by atoms with E-state index in [2.05, 4.69) is 15.2 Å². The molecule has 0 amide bonds. The van der Waals surface area contributed by atoms with E-state index in [1.807, 2.05) is 13.8 Å². The van der Waals surface area contributed by atoms with E-state index in [0.717, 1.165) is 32.5 Å². The van der Waals surface area contributed by atoms with Crippen molar-refractivity contribution < 1.29 is 19.0 Å². The molecular formula is C22H30FN5O4. The Labute approximate surface area is 185 Å². The standard InChI is InChI=1S/C22H30FN5O4/c1-22(2)7-4-13-14(21(30)31)18(29)15-17(24)16(23)19(26-20(15)28(13)22)25-12-5-8-27(9-6-12)10-11-32-3/h12H,4-11H2,1-3H3,(H,30,31)(H3,24,25,26). The molecule has 0 bridgehead atoms. The number of carboxylic acids is 1. The van der Waals surface area contributed by atoms with Crippen molar-refractivity contribution in [3.8, 4) is 0 Å². The molecule has 0 unspecified atom stereocenters. The van der Waals surface area contributed by atoms with Crippen LogP contribution in [0, 0.1) is 5.82 Å². The first-order valence-corrected chi connectivity index (χ1v) is 10.9. The van der Waals surface area contributed by atoms with Crippen LogP contribution in [0.25, 0.3) is 11.0 Å². The summed E-state index contributed by atoms with van der Waals surface area (Å²) >= 11 is 0. The summed E-state index contributed by atoms with van der Waals surface area (Å²) in [5.41, 5.74) is 4.75. The number of nitrogens with two attached hydrogens (primary N) is 1. The number of likely N-dealkylation sites (tertiary alicyclic amines) is 1. The van der Waals surface area contributed by atoms with E-state index in [-0.39, 0.29) is 34.1 Å². The number of carboxylic acid groups (broad SMARTS) is 1. The Bertz CT molecular complexity index is 1120. The van der Waals surface area contributed by atoms with Gasteiger partial charge >= 0.3 is 5.97 Å². The number of pyridine rings is 2. The maximum atomic E-state index is 15.2. The average molecular weight is 448 g/mol. The Kier molecular flexibility index (Phi) is 5.85. The summed E-state index contributed by atoms with van der Waals surface area (Å²) in [7, 11) is 1.68. The summed E-state index contributed by atoms with van der Waals surface area (Å²) < 4.78 is 22.1. The second-order valence-electron chi connectivity index (χ2n) is 9.24. The van der Waals surface area contributed by atoms with Crippen molar-refractivity contribution in [2.75, 3.05) is 44.4 Å². The van der Waals surface area contributed by atoms with Crippen LogP contribution in [0.15, 0.2) is 4.79 Å². The van der Waals surface area contributed by atoms with Crippen LogP contribution in [-0.2, 0) is 16.7 Å². The molecule has 0 atom stereocenters. The van der Waals surface area contributed by atoms with Crippen LogP contribution in [0.2, 0.25) is 0 Å². The van der Waals surface area contributed by atoms with Gasteiger partial charge in [0.25, 0.3) is 0 Å². The third kappa shape index (κ3) is 3.71. The van der Waals surface area contributed by atoms with Gasteiger partial charge in [-0.05, 0) is 39.5 Å². The van der Waals surface area contributed by atoms with Crippen LogP contribution in [0.1, 0.15) is 49.2 Å². The van der Waals surface area contributed by atoms with Crippen molar-refractivity contribution >= 4 is 28.5 Å². The predicted molar refractivity (Wildman–Crippen MR) is 120 cm³/mol. The lowest BCUT2D eigenvalue weighted by Crippen LogP contribution is -2.40. The van der Waals surface area contributed by atoms with Crippen LogP contribution in [0.5, 0.6) is 0 Å². The second kappa shape index (κ2) is 8.32. The minimum absolute atomic E-state index is 0.00483. The number of piperidine rings is 1. The Morgan fingerprint density at radius 1 is 1.38 bits per heavy atom. The molecule has 0 radical (unpaired) electrons. The number of aromatic nitrogens is 2. The number of nitrogens with one attached hydrogen (secondary N) is 1. The van der Waals surface area contributed by atoms with Crippen molar-refractivity contribution in [3.63, 3.8) is 0 Å². The van der Waals surface area contributed by atoms with Gasteiger partial charge in [0.1, 0.15) is 11.2 Å². The topological polar surface area (TPSA) is 123 Å². The van der Waals surface area contributed by atoms with Gasteiger partial charge in [0, 0.05) is 44.0 Å². The summed E-state index contributed by atoms with van der Waals surface area (Å²) in [6.45, 7) is 7.13. The minimum Gasteiger partial charge on any atom is -0.477 e. The highest BCUT2D eigenvalue weighted by molar-refractivity contribution is 5.98. The van der Waals surface area contributed by atoms with Crippen molar-refractivity contribution in [1.29, 1.82) is 0 Å². The Hall–Kier alpha value is -2.72. The highest BCUT2D eigenvalue weighted by atomic mass is 19.1. The molecule has 0 aromatic carbocycles. The monoisotopic (exact) mass is 447 g/mol. The van der Waals surface area contributed by atoms with Crippen LogP contribution < -0.4 is 16.5 Å². The van der Waals surface area contributed by atoms with E-state index in [9.17, 15) is 14.7 Å². The predicted octanol–water partition coefficient (Wildman–Crippen LogP) is 2.02. The zero-order chi connectivity index (χ0) is 23.2. The zero-order valence-electron chi connectivity index (χ0n) is 18.7. The molecule has 4 heterocycles. The summed E-state index contributed by atoms with van der Waals surface area (Å²) in [6.07, 6.45) is 2.70. The van der Waals surface area contributed by atoms with Crippen LogP contribution in [-0.4, -0.2) is 64.9 Å². The molecule has 10 heteroatoms. The van der Waals surface area contributed by atoms with Crippen molar-refractivity contribution in [2.45, 2.75) is 51.1 Å². The third-order valence-corrected chi connectivity index (χ3v) is 6.71. The smallest absolute Gasteiger partial charge is 0.341 e. The maximum absolute atomic E-state index is 15.2. The molecule has 4 N–H and O–H groups in total. The first-order valence-electron chi connectivity index (χ1n) is 10.9. The Morgan fingerprint density at radius 3 is 2.69 bits per heavy atom. The van der Waals surface area contributed by atoms with Crippen molar-refractivity contribution in [2.24, 2.45) is 0 Å². The number of nitrogen functional groups attached to an aromatic ring is 1. The molecule has 0 aliphatic carbocycles. The van der Waals surface area contributed by atoms with E-state index < -0.39 is 22.8 Å². The highest BCUT2D eigenvalue weighted by Gasteiger charge is 2.37. The number of halogens is 1. The molecule has 2 aliphatic heterocycles. The third-order valence-electron chi connectivity index (χ3n) is 6.71. The fourth-order valence-corrected chi connectivity index (χ4v) is 4.91. The number of fused-ring (bicyclic) bond motifs is 3. The summed E-state index contributed by atoms with van der Waals surface area (Å²) in [6, 6.07) is 0.0173. The molecule has 1 fully saturated rings. The molecular weight excluding hydrogens is 417 g/mol. The number of hydrogen-bond acceptors (Lipinski definition) is 7. The normalized spacial score (nSPS) is 18.8. The lowest BCUT2D eigenvalue weighted by Gasteiger charge is -2.32. The first kappa shape index (κ1) is 22.5. The molecule has 174 valence electrons. The number of methoxy groups -OCH3 is 1. The van der Waals surface area contributed by atoms with E-state index >= 15 is 4.39 Å². The van der Waals surface area contributed by atoms with Crippen LogP contribution >= 0.6 is 0 Å². The molecule has 9 nitrogen and oxygen atoms in total. The number of rotatable bonds is 6. The molecule has 0 saturated carbocycles. The SMILES string of the molecule is COCCN1CCC(Nc2nc3c(c(N)c2F)c(=O)c(C(=O)O)c2n3C(C)(C)CC2)CC1. The van der Waals surface area contributed by atoms with Gasteiger partial charge < -0.3 is 30.4 Å². The van der Waals surface area contributed by atoms with Gasteiger partial charge in [0.05, 0.1) is 17.7 Å². The molecule has 4 rings (SSSR count). The molecule has 2 aromatic heterocycles. The van der Waals surface area contributed by atoms with E-state index in [4.69, 9.17) is 10.5 Å². The van der Waals surface area contributed by atoms with Crippen LogP contribution in [0.3, 0.4) is 0 Å². The van der Waals surface area contributed by atoms with Gasteiger partial charge in [-0.25, -0.2) is 14.2 Å². The van der Waals surface area contributed by atoms with Crippen molar-refractivity contribution in [3.05, 3.63) is 27.3 Å². The van der Waals surface area contributed by atoms with Gasteiger partial charge in [0.2, 0.25) is 5.43 Å². The zero-order valence-corrected chi connectivity index (χ0v) is 18.7. The number of hydrogen-bond donors (Lipinski definition) is 3. The van der Waals surface area contributed by atoms with Gasteiger partial charge in [0.15, 0.2) is 11.6 Å². The number of nitrogens with zero attached hydrogens (tertiary/aromatic N) is 3. The number of carbonyl (C=O) groups is 1. The lowest BCUT2D eigenvalue weighted by molar-refractivity contribution is 0.0693. The van der Waals surface area contributed by atoms with E-state index in [0.29, 0.717) is 25.1 Å². The summed E-state index contributed by atoms with van der Waals surface area (Å²) in [5.74, 6) is -2.14. The van der Waals surface area contributed by atoms with Gasteiger partial charge in [-0.3, -0.25) is 4.79 Å². The largest absolute Gasteiger partial charge is 0.477 e. The summed E-state index contributed by atoms with van der Waals surface area (Å²) in [5, 5.41) is 12.7. The second-order valence-corrected chi connectivity index (χ2v) is 9.24. The van der Waals surface area contributed by atoms with Gasteiger partial charge in [-0.2, -0.15) is 0 Å². The molecule has 0 spiro atoms. The minimum atomic E-state index is -1.33. The summed E-state index contributed by atoms with van der Waals surface area (Å²) in [4.78, 5) is 31.7. The maximum Gasteiger partial charge on any atom is 0.341 e. The average Bonchev–Trinajstić information content (AvgIpc) is 3.05. The van der Waals surface area contributed by atoms with Crippen LogP contribution in [0.4, 0.5) is 15.9 Å². The first-order chi connectivity index (χ1) is 15.2. The fraction of sp³-hybridized carbons (Fsp3) is 0.591. The number of ether oxygens (including phenoxy) is 1. The Balaban J connectivity index is 1.76. The molecule has 2 aliphatic rings. The molecule has 1 saturated heterocycles. The lowest BCUT2D eigenvalue weighted by atomic mass is 10.0. The fourth-order valence-electron chi connectivity index (χ4n) is 4.91. The molecule has 32 heavy (non-hydrogen) atoms. The number of anilines is 2. The van der Waals surface area contributed by atoms with E-state index in [1.54, 1.807) is 11.7 Å². The molecule has 2 aromatic rings. The van der Waals surface area contributed by atoms with Crippen molar-refractivity contribution in [1.82, 2.24) is 14.5 Å². The van der Waals surface area contributed by atoms with Gasteiger partial charge in [-0.1, -0.05) is 0 Å². The quantitative estimate of drug-likeness (QED) is 0.615. The van der Waals surface area contributed by atoms with E-state index in [1.165, 1.54) is 0 Å².